The highest BCUT2D eigenvalue weighted by Crippen LogP contribution is 2.21. The third-order valence-corrected chi connectivity index (χ3v) is 4.31. The number of nitrogens with zero attached hydrogens (tertiary/aromatic N) is 1. The van der Waals surface area contributed by atoms with Gasteiger partial charge in [0.2, 0.25) is 5.91 Å². The highest BCUT2D eigenvalue weighted by molar-refractivity contribution is 5.99. The summed E-state index contributed by atoms with van der Waals surface area (Å²) in [6, 6.07) is 20.0. The zero-order valence-corrected chi connectivity index (χ0v) is 15.7. The van der Waals surface area contributed by atoms with Crippen LogP contribution < -0.4 is 10.6 Å². The van der Waals surface area contributed by atoms with Crippen LogP contribution in [-0.2, 0) is 11.3 Å². The Balaban J connectivity index is 1.78. The molecule has 0 aliphatic carbocycles. The average Bonchev–Trinajstić information content (AvgIpc) is 3.01. The van der Waals surface area contributed by atoms with E-state index in [0.29, 0.717) is 18.8 Å². The lowest BCUT2D eigenvalue weighted by atomic mass is 10.2. The molecular formula is C22H25N3O2. The van der Waals surface area contributed by atoms with E-state index < -0.39 is 0 Å². The fourth-order valence-electron chi connectivity index (χ4n) is 3.11. The van der Waals surface area contributed by atoms with Gasteiger partial charge in [-0.05, 0) is 31.5 Å². The van der Waals surface area contributed by atoms with Crippen molar-refractivity contribution in [1.82, 2.24) is 15.2 Å². The first-order valence-electron chi connectivity index (χ1n) is 9.24. The second-order valence-electron chi connectivity index (χ2n) is 6.89. The van der Waals surface area contributed by atoms with Gasteiger partial charge in [-0.25, -0.2) is 0 Å². The van der Waals surface area contributed by atoms with Crippen molar-refractivity contribution >= 4 is 22.7 Å². The minimum atomic E-state index is -0.167. The van der Waals surface area contributed by atoms with Crippen molar-refractivity contribution in [3.63, 3.8) is 0 Å². The molecule has 2 aromatic carbocycles. The van der Waals surface area contributed by atoms with Gasteiger partial charge in [0.1, 0.15) is 5.69 Å². The molecule has 0 bridgehead atoms. The first-order chi connectivity index (χ1) is 13.0. The maximum absolute atomic E-state index is 12.8. The van der Waals surface area contributed by atoms with Gasteiger partial charge in [-0.1, -0.05) is 48.5 Å². The topological polar surface area (TPSA) is 63.1 Å². The molecule has 3 aromatic rings. The molecule has 0 atom stereocenters. The van der Waals surface area contributed by atoms with Gasteiger partial charge in [-0.3, -0.25) is 9.59 Å². The Kier molecular flexibility index (Phi) is 5.91. The van der Waals surface area contributed by atoms with Gasteiger partial charge in [-0.2, -0.15) is 0 Å². The van der Waals surface area contributed by atoms with Crippen LogP contribution in [0.2, 0.25) is 0 Å². The fourth-order valence-corrected chi connectivity index (χ4v) is 3.11. The van der Waals surface area contributed by atoms with Crippen LogP contribution in [0.1, 0.15) is 36.3 Å². The summed E-state index contributed by atoms with van der Waals surface area (Å²) in [5.74, 6) is -0.227. The summed E-state index contributed by atoms with van der Waals surface area (Å²) in [5.41, 5.74) is 2.75. The van der Waals surface area contributed by atoms with E-state index in [-0.39, 0.29) is 24.3 Å². The molecule has 2 N–H and O–H groups in total. The molecule has 1 heterocycles. The molecule has 1 aromatic heterocycles. The Labute approximate surface area is 159 Å². The largest absolute Gasteiger partial charge is 0.354 e. The summed E-state index contributed by atoms with van der Waals surface area (Å²) in [7, 11) is 0. The monoisotopic (exact) mass is 363 g/mol. The number of hydrogen-bond acceptors (Lipinski definition) is 2. The van der Waals surface area contributed by atoms with E-state index in [0.717, 1.165) is 16.5 Å². The summed E-state index contributed by atoms with van der Waals surface area (Å²) in [6.45, 7) is 4.76. The van der Waals surface area contributed by atoms with Crippen molar-refractivity contribution in [2.24, 2.45) is 0 Å². The first-order valence-corrected chi connectivity index (χ1v) is 9.24. The maximum Gasteiger partial charge on any atom is 0.267 e. The molecule has 0 spiro atoms. The molecule has 0 radical (unpaired) electrons. The Morgan fingerprint density at radius 2 is 1.70 bits per heavy atom. The lowest BCUT2D eigenvalue weighted by molar-refractivity contribution is -0.121. The minimum absolute atomic E-state index is 0.0601. The second-order valence-corrected chi connectivity index (χ2v) is 6.89. The number of nitrogens with one attached hydrogen (secondary N) is 2. The van der Waals surface area contributed by atoms with Gasteiger partial charge in [0.15, 0.2) is 0 Å². The highest BCUT2D eigenvalue weighted by Gasteiger charge is 2.16. The molecule has 0 aliphatic heterocycles. The van der Waals surface area contributed by atoms with Crippen LogP contribution in [-0.4, -0.2) is 29.0 Å². The lowest BCUT2D eigenvalue weighted by Crippen LogP contribution is -2.34. The normalized spacial score (nSPS) is 10.9. The molecule has 3 rings (SSSR count). The number of para-hydroxylation sites is 1. The number of carbonyl (C=O) groups excluding carboxylic acids is 2. The predicted octanol–water partition coefficient (Wildman–Crippen LogP) is 3.33. The Morgan fingerprint density at radius 3 is 2.44 bits per heavy atom. The van der Waals surface area contributed by atoms with Crippen molar-refractivity contribution < 1.29 is 9.59 Å². The van der Waals surface area contributed by atoms with E-state index in [9.17, 15) is 9.59 Å². The van der Waals surface area contributed by atoms with Crippen molar-refractivity contribution in [1.29, 1.82) is 0 Å². The second kappa shape index (κ2) is 8.54. The fraction of sp³-hybridized carbons (Fsp3) is 0.273. The van der Waals surface area contributed by atoms with Crippen LogP contribution >= 0.6 is 0 Å². The molecular weight excluding hydrogens is 338 g/mol. The van der Waals surface area contributed by atoms with Gasteiger partial charge in [0, 0.05) is 36.5 Å². The zero-order chi connectivity index (χ0) is 19.2. The third-order valence-electron chi connectivity index (χ3n) is 4.31. The Morgan fingerprint density at radius 1 is 1.00 bits per heavy atom. The number of hydrogen-bond donors (Lipinski definition) is 2. The van der Waals surface area contributed by atoms with E-state index in [2.05, 4.69) is 10.6 Å². The molecule has 2 amide bonds. The third kappa shape index (κ3) is 4.76. The smallest absolute Gasteiger partial charge is 0.267 e. The number of amides is 2. The van der Waals surface area contributed by atoms with Crippen LogP contribution in [0.4, 0.5) is 0 Å². The molecule has 27 heavy (non-hydrogen) atoms. The average molecular weight is 363 g/mol. The van der Waals surface area contributed by atoms with Gasteiger partial charge < -0.3 is 15.2 Å². The van der Waals surface area contributed by atoms with Crippen LogP contribution in [0.15, 0.2) is 60.7 Å². The number of carbonyl (C=O) groups is 2. The van der Waals surface area contributed by atoms with Crippen molar-refractivity contribution in [3.05, 3.63) is 71.9 Å². The number of fused-ring (bicyclic) bond motifs is 1. The minimum Gasteiger partial charge on any atom is -0.354 e. The summed E-state index contributed by atoms with van der Waals surface area (Å²) in [5, 5.41) is 6.72. The summed E-state index contributed by atoms with van der Waals surface area (Å²) in [6.07, 6.45) is 0.267. The van der Waals surface area contributed by atoms with Crippen LogP contribution in [0.25, 0.3) is 10.9 Å². The zero-order valence-electron chi connectivity index (χ0n) is 15.7. The van der Waals surface area contributed by atoms with E-state index in [1.54, 1.807) is 0 Å². The molecule has 140 valence electrons. The van der Waals surface area contributed by atoms with Crippen molar-refractivity contribution in [2.45, 2.75) is 32.9 Å². The number of benzene rings is 2. The van der Waals surface area contributed by atoms with E-state index in [1.165, 1.54) is 0 Å². The molecule has 0 saturated heterocycles. The van der Waals surface area contributed by atoms with Crippen molar-refractivity contribution in [3.8, 4) is 0 Å². The summed E-state index contributed by atoms with van der Waals surface area (Å²) < 4.78 is 2.02. The first kappa shape index (κ1) is 18.7. The summed E-state index contributed by atoms with van der Waals surface area (Å²) >= 11 is 0. The quantitative estimate of drug-likeness (QED) is 0.676. The van der Waals surface area contributed by atoms with Gasteiger partial charge in [0.05, 0.1) is 0 Å². The molecule has 5 nitrogen and oxygen atoms in total. The Hall–Kier alpha value is -3.08. The molecule has 0 fully saturated rings. The molecule has 5 heteroatoms. The Bertz CT molecular complexity index is 929. The van der Waals surface area contributed by atoms with E-state index in [4.69, 9.17) is 0 Å². The van der Waals surface area contributed by atoms with E-state index >= 15 is 0 Å². The lowest BCUT2D eigenvalue weighted by Gasteiger charge is -2.12. The van der Waals surface area contributed by atoms with Crippen LogP contribution in [0.3, 0.4) is 0 Å². The number of aromatic nitrogens is 1. The predicted molar refractivity (Wildman–Crippen MR) is 108 cm³/mol. The van der Waals surface area contributed by atoms with Gasteiger partial charge in [0.25, 0.3) is 5.91 Å². The molecule has 0 unspecified atom stereocenters. The van der Waals surface area contributed by atoms with Crippen LogP contribution in [0.5, 0.6) is 0 Å². The van der Waals surface area contributed by atoms with Crippen molar-refractivity contribution in [2.75, 3.05) is 6.54 Å². The van der Waals surface area contributed by atoms with Gasteiger partial charge >= 0.3 is 0 Å². The summed E-state index contributed by atoms with van der Waals surface area (Å²) in [4.78, 5) is 24.5. The SMILES string of the molecule is CC(C)NC(=O)CCNC(=O)c1cc2ccccc2n1Cc1ccccc1. The molecule has 0 aliphatic rings. The molecule has 0 saturated carbocycles. The van der Waals surface area contributed by atoms with Crippen LogP contribution in [0, 0.1) is 0 Å². The number of rotatable bonds is 7. The maximum atomic E-state index is 12.8. The van der Waals surface area contributed by atoms with Gasteiger partial charge in [-0.15, -0.1) is 0 Å². The van der Waals surface area contributed by atoms with E-state index in [1.807, 2.05) is 79.1 Å². The standard InChI is InChI=1S/C22H25N3O2/c1-16(2)24-21(26)12-13-23-22(27)20-14-18-10-6-7-11-19(18)25(20)15-17-8-4-3-5-9-17/h3-11,14,16H,12-13,15H2,1-2H3,(H,23,27)(H,24,26). The highest BCUT2D eigenvalue weighted by atomic mass is 16.2.